The number of esters is 1. The average Bonchev–Trinajstić information content (AvgIpc) is 2.58. The molecule has 0 fully saturated rings. The van der Waals surface area contributed by atoms with Crippen molar-refractivity contribution in [3.8, 4) is 5.75 Å². The van der Waals surface area contributed by atoms with E-state index in [1.165, 1.54) is 25.1 Å². The van der Waals surface area contributed by atoms with Gasteiger partial charge < -0.3 is 15.2 Å². The summed E-state index contributed by atoms with van der Waals surface area (Å²) >= 11 is 5.74. The second kappa shape index (κ2) is 7.79. The molecule has 136 valence electrons. The SMILES string of the molecule is C[C@H](OC(=O)c1cc(Cl)ccc1O)C(=O)Nc1ccc(F)c([N+](=O)[O-])c1. The number of nitrogens with zero attached hydrogens (tertiary/aromatic N) is 1. The van der Waals surface area contributed by atoms with Gasteiger partial charge in [-0.15, -0.1) is 0 Å². The molecule has 2 aromatic rings. The van der Waals surface area contributed by atoms with Gasteiger partial charge in [-0.05, 0) is 37.3 Å². The molecule has 0 aliphatic carbocycles. The fourth-order valence-electron chi connectivity index (χ4n) is 1.92. The molecule has 0 radical (unpaired) electrons. The lowest BCUT2D eigenvalue weighted by Gasteiger charge is -2.14. The van der Waals surface area contributed by atoms with Gasteiger partial charge in [0.1, 0.15) is 11.3 Å². The van der Waals surface area contributed by atoms with Crippen LogP contribution in [-0.4, -0.2) is 28.0 Å². The van der Waals surface area contributed by atoms with Crippen LogP contribution in [0.5, 0.6) is 5.75 Å². The molecular formula is C16H12ClFN2O6. The van der Waals surface area contributed by atoms with Crippen LogP contribution >= 0.6 is 11.6 Å². The number of benzene rings is 2. The number of nitro benzene ring substituents is 1. The molecular weight excluding hydrogens is 371 g/mol. The van der Waals surface area contributed by atoms with Crippen molar-refractivity contribution in [2.75, 3.05) is 5.32 Å². The fraction of sp³-hybridized carbons (Fsp3) is 0.125. The molecule has 2 aromatic carbocycles. The first-order valence-electron chi connectivity index (χ1n) is 7.13. The molecule has 1 atom stereocenters. The average molecular weight is 383 g/mol. The van der Waals surface area contributed by atoms with E-state index in [1.807, 2.05) is 0 Å². The number of rotatable bonds is 5. The molecule has 0 aromatic heterocycles. The van der Waals surface area contributed by atoms with E-state index >= 15 is 0 Å². The smallest absolute Gasteiger partial charge is 0.342 e. The number of nitrogens with one attached hydrogen (secondary N) is 1. The van der Waals surface area contributed by atoms with Crippen LogP contribution in [0.1, 0.15) is 17.3 Å². The Morgan fingerprint density at radius 3 is 2.65 bits per heavy atom. The van der Waals surface area contributed by atoms with Crippen molar-refractivity contribution in [3.05, 3.63) is 62.9 Å². The third kappa shape index (κ3) is 4.45. The van der Waals surface area contributed by atoms with Gasteiger partial charge in [-0.1, -0.05) is 11.6 Å². The first-order valence-corrected chi connectivity index (χ1v) is 7.51. The van der Waals surface area contributed by atoms with Crippen LogP contribution in [0.4, 0.5) is 15.8 Å². The second-order valence-electron chi connectivity index (χ2n) is 5.12. The van der Waals surface area contributed by atoms with Crippen LogP contribution in [0.2, 0.25) is 5.02 Å². The van der Waals surface area contributed by atoms with Gasteiger partial charge in [0, 0.05) is 16.8 Å². The number of hydrogen-bond donors (Lipinski definition) is 2. The molecule has 0 saturated heterocycles. The lowest BCUT2D eigenvalue weighted by molar-refractivity contribution is -0.387. The maximum absolute atomic E-state index is 13.3. The Balaban J connectivity index is 2.08. The number of carbonyl (C=O) groups is 2. The zero-order valence-corrected chi connectivity index (χ0v) is 14.0. The quantitative estimate of drug-likeness (QED) is 0.465. The Morgan fingerprint density at radius 2 is 2.00 bits per heavy atom. The fourth-order valence-corrected chi connectivity index (χ4v) is 2.10. The van der Waals surface area contributed by atoms with Crippen molar-refractivity contribution in [1.82, 2.24) is 0 Å². The predicted molar refractivity (Wildman–Crippen MR) is 89.7 cm³/mol. The summed E-state index contributed by atoms with van der Waals surface area (Å²) < 4.78 is 18.2. The van der Waals surface area contributed by atoms with Crippen LogP contribution < -0.4 is 5.32 Å². The van der Waals surface area contributed by atoms with Crippen LogP contribution in [-0.2, 0) is 9.53 Å². The van der Waals surface area contributed by atoms with E-state index in [0.717, 1.165) is 18.2 Å². The highest BCUT2D eigenvalue weighted by molar-refractivity contribution is 6.31. The summed E-state index contributed by atoms with van der Waals surface area (Å²) in [5, 5.41) is 22.8. The van der Waals surface area contributed by atoms with Gasteiger partial charge in [0.05, 0.1) is 4.92 Å². The lowest BCUT2D eigenvalue weighted by Crippen LogP contribution is -2.30. The maximum atomic E-state index is 13.3. The first-order chi connectivity index (χ1) is 12.2. The number of aromatic hydroxyl groups is 1. The van der Waals surface area contributed by atoms with Crippen LogP contribution in [0.25, 0.3) is 0 Å². The highest BCUT2D eigenvalue weighted by Crippen LogP contribution is 2.24. The summed E-state index contributed by atoms with van der Waals surface area (Å²) in [5.74, 6) is -3.22. The first kappa shape index (κ1) is 19.1. The highest BCUT2D eigenvalue weighted by atomic mass is 35.5. The summed E-state index contributed by atoms with van der Waals surface area (Å²) in [5.41, 5.74) is -1.08. The van der Waals surface area contributed by atoms with E-state index in [9.17, 15) is 29.2 Å². The Labute approximate surface area is 151 Å². The highest BCUT2D eigenvalue weighted by Gasteiger charge is 2.22. The van der Waals surface area contributed by atoms with Crippen LogP contribution in [0, 0.1) is 15.9 Å². The zero-order chi connectivity index (χ0) is 19.4. The molecule has 0 heterocycles. The molecule has 10 heteroatoms. The van der Waals surface area contributed by atoms with Gasteiger partial charge >= 0.3 is 11.7 Å². The number of ether oxygens (including phenoxy) is 1. The topological polar surface area (TPSA) is 119 Å². The van der Waals surface area contributed by atoms with Crippen molar-refractivity contribution >= 4 is 34.9 Å². The maximum Gasteiger partial charge on any atom is 0.342 e. The minimum atomic E-state index is -1.30. The number of amides is 1. The summed E-state index contributed by atoms with van der Waals surface area (Å²) in [7, 11) is 0. The van der Waals surface area contributed by atoms with E-state index in [-0.39, 0.29) is 22.0 Å². The number of hydrogen-bond acceptors (Lipinski definition) is 6. The van der Waals surface area contributed by atoms with E-state index < -0.39 is 34.4 Å². The Hall–Kier alpha value is -3.20. The molecule has 26 heavy (non-hydrogen) atoms. The monoisotopic (exact) mass is 382 g/mol. The number of anilines is 1. The van der Waals surface area contributed by atoms with Gasteiger partial charge in [-0.2, -0.15) is 4.39 Å². The number of carbonyl (C=O) groups excluding carboxylic acids is 2. The van der Waals surface area contributed by atoms with Gasteiger partial charge in [-0.25, -0.2) is 4.79 Å². The normalized spacial score (nSPS) is 11.5. The summed E-state index contributed by atoms with van der Waals surface area (Å²) in [4.78, 5) is 33.8. The lowest BCUT2D eigenvalue weighted by atomic mass is 10.2. The van der Waals surface area contributed by atoms with E-state index in [1.54, 1.807) is 0 Å². The summed E-state index contributed by atoms with van der Waals surface area (Å²) in [6.07, 6.45) is -1.30. The predicted octanol–water partition coefficient (Wildman–Crippen LogP) is 3.28. The molecule has 0 aliphatic heterocycles. The van der Waals surface area contributed by atoms with Crippen molar-refractivity contribution in [1.29, 1.82) is 0 Å². The Morgan fingerprint density at radius 1 is 1.31 bits per heavy atom. The summed E-state index contributed by atoms with van der Waals surface area (Å²) in [6.45, 7) is 1.26. The van der Waals surface area contributed by atoms with Crippen molar-refractivity contribution < 1.29 is 28.7 Å². The van der Waals surface area contributed by atoms with Crippen molar-refractivity contribution in [3.63, 3.8) is 0 Å². The third-order valence-corrected chi connectivity index (χ3v) is 3.48. The minimum Gasteiger partial charge on any atom is -0.507 e. The molecule has 2 rings (SSSR count). The van der Waals surface area contributed by atoms with E-state index in [4.69, 9.17) is 16.3 Å². The van der Waals surface area contributed by atoms with Gasteiger partial charge in [0.2, 0.25) is 5.82 Å². The Kier molecular flexibility index (Phi) is 5.73. The molecule has 1 amide bonds. The second-order valence-corrected chi connectivity index (χ2v) is 5.56. The molecule has 0 bridgehead atoms. The van der Waals surface area contributed by atoms with Crippen LogP contribution in [0.3, 0.4) is 0 Å². The zero-order valence-electron chi connectivity index (χ0n) is 13.2. The van der Waals surface area contributed by atoms with Crippen LogP contribution in [0.15, 0.2) is 36.4 Å². The number of halogens is 2. The number of nitro groups is 1. The standard InChI is InChI=1S/C16H12ClFN2O6/c1-8(26-16(23)11-6-9(17)2-5-14(11)21)15(22)19-10-3-4-12(18)13(7-10)20(24)25/h2-8,21H,1H3,(H,19,22)/t8-/m0/s1. The molecule has 0 unspecified atom stereocenters. The minimum absolute atomic E-state index is 0.0448. The van der Waals surface area contributed by atoms with Gasteiger partial charge in [0.15, 0.2) is 6.10 Å². The third-order valence-electron chi connectivity index (χ3n) is 3.24. The van der Waals surface area contributed by atoms with Gasteiger partial charge in [0.25, 0.3) is 5.91 Å². The largest absolute Gasteiger partial charge is 0.507 e. The van der Waals surface area contributed by atoms with E-state index in [2.05, 4.69) is 5.32 Å². The van der Waals surface area contributed by atoms with Crippen molar-refractivity contribution in [2.45, 2.75) is 13.0 Å². The van der Waals surface area contributed by atoms with E-state index in [0.29, 0.717) is 0 Å². The summed E-state index contributed by atoms with van der Waals surface area (Å²) in [6, 6.07) is 6.52. The Bertz CT molecular complexity index is 889. The number of phenols is 1. The van der Waals surface area contributed by atoms with Crippen molar-refractivity contribution in [2.24, 2.45) is 0 Å². The molecule has 8 nitrogen and oxygen atoms in total. The number of phenolic OH excluding ortho intramolecular Hbond substituents is 1. The van der Waals surface area contributed by atoms with Gasteiger partial charge in [-0.3, -0.25) is 14.9 Å². The molecule has 0 spiro atoms. The molecule has 0 saturated carbocycles. The molecule has 0 aliphatic rings. The molecule has 2 N–H and O–H groups in total.